The molecule has 7 heteroatoms. The molecular weight excluding hydrogens is 358 g/mol. The van der Waals surface area contributed by atoms with Crippen molar-refractivity contribution in [1.29, 1.82) is 5.26 Å². The highest BCUT2D eigenvalue weighted by Crippen LogP contribution is 2.36. The zero-order valence-corrected chi connectivity index (χ0v) is 17.2. The van der Waals surface area contributed by atoms with E-state index in [2.05, 4.69) is 11.0 Å². The number of nitriles is 1. The highest BCUT2D eigenvalue weighted by atomic mass is 16.6. The van der Waals surface area contributed by atoms with Crippen molar-refractivity contribution in [3.63, 3.8) is 0 Å². The summed E-state index contributed by atoms with van der Waals surface area (Å²) in [5, 5.41) is 9.31. The van der Waals surface area contributed by atoms with Gasteiger partial charge in [0.1, 0.15) is 17.4 Å². The molecule has 2 heterocycles. The zero-order chi connectivity index (χ0) is 20.3. The summed E-state index contributed by atoms with van der Waals surface area (Å²) >= 11 is 0. The molecule has 1 amide bonds. The Bertz CT molecular complexity index is 758. The first-order valence-electron chi connectivity index (χ1n) is 9.74. The Balaban J connectivity index is 1.63. The monoisotopic (exact) mass is 387 g/mol. The van der Waals surface area contributed by atoms with Crippen molar-refractivity contribution < 1.29 is 19.0 Å². The predicted octanol–water partition coefficient (Wildman–Crippen LogP) is 2.73. The van der Waals surface area contributed by atoms with Crippen molar-refractivity contribution in [2.45, 2.75) is 38.9 Å². The fourth-order valence-corrected chi connectivity index (χ4v) is 3.74. The van der Waals surface area contributed by atoms with Crippen molar-refractivity contribution in [3.05, 3.63) is 28.8 Å². The van der Waals surface area contributed by atoms with Crippen LogP contribution in [0, 0.1) is 11.3 Å². The Morgan fingerprint density at radius 1 is 1.29 bits per heavy atom. The molecule has 152 valence electrons. The summed E-state index contributed by atoms with van der Waals surface area (Å²) in [5.41, 5.74) is 2.25. The lowest BCUT2D eigenvalue weighted by Crippen LogP contribution is -2.51. The summed E-state index contributed by atoms with van der Waals surface area (Å²) < 4.78 is 17.0. The second-order valence-electron chi connectivity index (χ2n) is 8.20. The van der Waals surface area contributed by atoms with Gasteiger partial charge >= 0.3 is 6.09 Å². The third-order valence-electron chi connectivity index (χ3n) is 5.09. The molecule has 1 fully saturated rings. The minimum absolute atomic E-state index is 0.0570. The van der Waals surface area contributed by atoms with Crippen LogP contribution in [-0.2, 0) is 15.9 Å². The quantitative estimate of drug-likeness (QED) is 0.794. The van der Waals surface area contributed by atoms with Crippen LogP contribution in [-0.4, -0.2) is 67.9 Å². The number of fused-ring (bicyclic) bond motifs is 1. The number of hydrogen-bond donors (Lipinski definition) is 0. The number of nitrogens with zero attached hydrogens (tertiary/aromatic N) is 3. The van der Waals surface area contributed by atoms with Gasteiger partial charge in [-0.05, 0) is 38.8 Å². The van der Waals surface area contributed by atoms with E-state index >= 15 is 0 Å². The molecule has 3 rings (SSSR count). The largest absolute Gasteiger partial charge is 0.495 e. The van der Waals surface area contributed by atoms with E-state index in [1.54, 1.807) is 18.1 Å². The number of carbonyl (C=O) groups excluding carboxylic acids is 1. The molecule has 1 saturated heterocycles. The second-order valence-corrected chi connectivity index (χ2v) is 8.20. The average molecular weight is 387 g/mol. The Kier molecular flexibility index (Phi) is 6.11. The lowest BCUT2D eigenvalue weighted by molar-refractivity contribution is -0.00677. The number of piperazine rings is 1. The van der Waals surface area contributed by atoms with E-state index in [0.29, 0.717) is 31.0 Å². The van der Waals surface area contributed by atoms with Crippen molar-refractivity contribution in [3.8, 4) is 11.8 Å². The predicted molar refractivity (Wildman–Crippen MR) is 104 cm³/mol. The summed E-state index contributed by atoms with van der Waals surface area (Å²) in [4.78, 5) is 16.3. The molecule has 7 nitrogen and oxygen atoms in total. The molecule has 28 heavy (non-hydrogen) atoms. The van der Waals surface area contributed by atoms with Crippen LogP contribution >= 0.6 is 0 Å². The third kappa shape index (κ3) is 4.57. The standard InChI is InChI=1S/C21H29N3O4/c1-21(2,3)28-20(25)24-10-8-23(9-11-24)14-18-16-6-5-15(13-22)19(26-4)17(16)7-12-27-18/h5-6,18H,7-12,14H2,1-4H3/t18-/m1/s1. The molecule has 1 aromatic rings. The molecule has 2 aliphatic rings. The van der Waals surface area contributed by atoms with Crippen LogP contribution < -0.4 is 4.74 Å². The van der Waals surface area contributed by atoms with E-state index in [9.17, 15) is 10.1 Å². The summed E-state index contributed by atoms with van der Waals surface area (Å²) in [6.07, 6.45) is 0.440. The topological polar surface area (TPSA) is 75.0 Å². The highest BCUT2D eigenvalue weighted by Gasteiger charge is 2.30. The normalized spacial score (nSPS) is 20.2. The summed E-state index contributed by atoms with van der Waals surface area (Å²) in [7, 11) is 1.61. The van der Waals surface area contributed by atoms with Crippen LogP contribution in [0.1, 0.15) is 43.6 Å². The molecule has 0 saturated carbocycles. The number of methoxy groups -OCH3 is 1. The van der Waals surface area contributed by atoms with E-state index in [1.807, 2.05) is 26.8 Å². The van der Waals surface area contributed by atoms with Gasteiger partial charge in [-0.2, -0.15) is 5.26 Å². The van der Waals surface area contributed by atoms with E-state index < -0.39 is 5.60 Å². The number of hydrogen-bond acceptors (Lipinski definition) is 6. The highest BCUT2D eigenvalue weighted by molar-refractivity contribution is 5.68. The first kappa shape index (κ1) is 20.4. The molecule has 0 unspecified atom stereocenters. The fourth-order valence-electron chi connectivity index (χ4n) is 3.74. The SMILES string of the molecule is COc1c(C#N)ccc2c1CCO[C@@H]2CN1CCN(C(=O)OC(C)(C)C)CC1. The Labute approximate surface area is 166 Å². The van der Waals surface area contributed by atoms with Gasteiger partial charge in [-0.1, -0.05) is 6.07 Å². The maximum absolute atomic E-state index is 12.2. The molecule has 0 aliphatic carbocycles. The van der Waals surface area contributed by atoms with E-state index in [1.165, 1.54) is 0 Å². The smallest absolute Gasteiger partial charge is 0.410 e. The van der Waals surface area contributed by atoms with Crippen LogP contribution in [0.2, 0.25) is 0 Å². The van der Waals surface area contributed by atoms with Gasteiger partial charge in [-0.15, -0.1) is 0 Å². The van der Waals surface area contributed by atoms with Gasteiger partial charge in [0.2, 0.25) is 0 Å². The lowest BCUT2D eigenvalue weighted by Gasteiger charge is -2.38. The second kappa shape index (κ2) is 8.38. The van der Waals surface area contributed by atoms with Crippen LogP contribution in [0.15, 0.2) is 12.1 Å². The van der Waals surface area contributed by atoms with E-state index in [4.69, 9.17) is 14.2 Å². The van der Waals surface area contributed by atoms with Crippen molar-refractivity contribution in [2.24, 2.45) is 0 Å². The van der Waals surface area contributed by atoms with Gasteiger partial charge in [0.05, 0.1) is 25.4 Å². The first-order chi connectivity index (χ1) is 13.3. The van der Waals surface area contributed by atoms with Gasteiger partial charge in [0, 0.05) is 38.3 Å². The average Bonchev–Trinajstić information content (AvgIpc) is 2.66. The maximum atomic E-state index is 12.2. The fraction of sp³-hybridized carbons (Fsp3) is 0.619. The lowest BCUT2D eigenvalue weighted by atomic mass is 9.93. The van der Waals surface area contributed by atoms with Crippen LogP contribution in [0.25, 0.3) is 0 Å². The molecule has 0 aromatic heterocycles. The van der Waals surface area contributed by atoms with Crippen molar-refractivity contribution >= 4 is 6.09 Å². The molecular formula is C21H29N3O4. The molecule has 1 atom stereocenters. The van der Waals surface area contributed by atoms with Gasteiger partial charge in [-0.25, -0.2) is 4.79 Å². The van der Waals surface area contributed by atoms with E-state index in [0.717, 1.165) is 37.2 Å². The van der Waals surface area contributed by atoms with Gasteiger partial charge in [-0.3, -0.25) is 4.90 Å². The number of carbonyl (C=O) groups is 1. The molecule has 0 radical (unpaired) electrons. The van der Waals surface area contributed by atoms with E-state index in [-0.39, 0.29) is 12.2 Å². The van der Waals surface area contributed by atoms with Gasteiger partial charge in [0.25, 0.3) is 0 Å². The van der Waals surface area contributed by atoms with Crippen LogP contribution in [0.4, 0.5) is 4.79 Å². The zero-order valence-electron chi connectivity index (χ0n) is 17.2. The molecule has 2 aliphatic heterocycles. The van der Waals surface area contributed by atoms with Gasteiger partial charge < -0.3 is 19.1 Å². The summed E-state index contributed by atoms with van der Waals surface area (Å²) in [6, 6.07) is 5.99. The van der Waals surface area contributed by atoms with Gasteiger partial charge in [0.15, 0.2) is 0 Å². The molecule has 0 bridgehead atoms. The number of benzene rings is 1. The van der Waals surface area contributed by atoms with Crippen LogP contribution in [0.3, 0.4) is 0 Å². The Hall–Kier alpha value is -2.30. The third-order valence-corrected chi connectivity index (χ3v) is 5.09. The first-order valence-corrected chi connectivity index (χ1v) is 9.74. The number of rotatable bonds is 3. The molecule has 0 N–H and O–H groups in total. The van der Waals surface area contributed by atoms with Crippen molar-refractivity contribution in [1.82, 2.24) is 9.80 Å². The van der Waals surface area contributed by atoms with Crippen molar-refractivity contribution in [2.75, 3.05) is 46.4 Å². The number of ether oxygens (including phenoxy) is 3. The Morgan fingerprint density at radius 3 is 2.61 bits per heavy atom. The number of amides is 1. The minimum Gasteiger partial charge on any atom is -0.495 e. The van der Waals surface area contributed by atoms with Crippen LogP contribution in [0.5, 0.6) is 5.75 Å². The Morgan fingerprint density at radius 2 is 2.00 bits per heavy atom. The summed E-state index contributed by atoms with van der Waals surface area (Å²) in [6.45, 7) is 9.85. The minimum atomic E-state index is -0.477. The molecule has 0 spiro atoms. The molecule has 1 aromatic carbocycles. The summed E-state index contributed by atoms with van der Waals surface area (Å²) in [5.74, 6) is 0.669. The maximum Gasteiger partial charge on any atom is 0.410 e.